The number of piperidine rings is 1. The van der Waals surface area contributed by atoms with Gasteiger partial charge in [0.2, 0.25) is 5.82 Å². The number of rotatable bonds is 3. The van der Waals surface area contributed by atoms with Gasteiger partial charge in [-0.2, -0.15) is 13.2 Å². The van der Waals surface area contributed by atoms with E-state index < -0.39 is 12.0 Å². The molecule has 6 rings (SSSR count). The Bertz CT molecular complexity index is 1330. The second kappa shape index (κ2) is 10.0. The maximum atomic E-state index is 12.8. The minimum atomic E-state index is -4.55. The number of benzene rings is 2. The first-order valence-corrected chi connectivity index (χ1v) is 13.0. The van der Waals surface area contributed by atoms with Crippen LogP contribution in [0.15, 0.2) is 54.9 Å². The number of morpholine rings is 1. The van der Waals surface area contributed by atoms with Crippen LogP contribution in [0.2, 0.25) is 0 Å². The van der Waals surface area contributed by atoms with Crippen LogP contribution < -0.4 is 15.0 Å². The molecule has 0 radical (unpaired) electrons. The Morgan fingerprint density at radius 1 is 0.923 bits per heavy atom. The maximum Gasteiger partial charge on any atom is 0.451 e. The summed E-state index contributed by atoms with van der Waals surface area (Å²) in [5, 5.41) is 2.95. The number of halogens is 3. The smallest absolute Gasteiger partial charge is 0.451 e. The van der Waals surface area contributed by atoms with Gasteiger partial charge in [-0.05, 0) is 41.0 Å². The zero-order valence-electron chi connectivity index (χ0n) is 21.2. The molecule has 0 atom stereocenters. The highest BCUT2D eigenvalue weighted by Gasteiger charge is 2.42. The Labute approximate surface area is 223 Å². The fourth-order valence-corrected chi connectivity index (χ4v) is 5.41. The van der Waals surface area contributed by atoms with E-state index in [1.807, 2.05) is 41.3 Å². The third-order valence-electron chi connectivity index (χ3n) is 7.60. The van der Waals surface area contributed by atoms with Crippen molar-refractivity contribution in [1.82, 2.24) is 14.9 Å². The number of hydrogen-bond acceptors (Lipinski definition) is 6. The number of amides is 2. The van der Waals surface area contributed by atoms with Crippen molar-refractivity contribution >= 4 is 17.4 Å². The van der Waals surface area contributed by atoms with Crippen molar-refractivity contribution in [3.63, 3.8) is 0 Å². The zero-order valence-corrected chi connectivity index (χ0v) is 21.2. The molecule has 8 nitrogen and oxygen atoms in total. The van der Waals surface area contributed by atoms with E-state index in [1.54, 1.807) is 4.90 Å². The largest absolute Gasteiger partial charge is 0.487 e. The van der Waals surface area contributed by atoms with Crippen LogP contribution in [-0.2, 0) is 17.3 Å². The number of nitrogens with one attached hydrogen (secondary N) is 1. The second-order valence-electron chi connectivity index (χ2n) is 10.1. The monoisotopic (exact) mass is 539 g/mol. The Hall–Kier alpha value is -3.86. The minimum absolute atomic E-state index is 0.122. The first-order chi connectivity index (χ1) is 18.8. The molecule has 204 valence electrons. The number of fused-ring (bicyclic) bond motifs is 1. The van der Waals surface area contributed by atoms with Crippen molar-refractivity contribution in [3.8, 4) is 16.9 Å². The number of nitrogens with zero attached hydrogens (tertiary/aromatic N) is 4. The molecule has 1 N–H and O–H groups in total. The lowest BCUT2D eigenvalue weighted by molar-refractivity contribution is -0.144. The van der Waals surface area contributed by atoms with Gasteiger partial charge in [-0.25, -0.2) is 14.8 Å². The highest BCUT2D eigenvalue weighted by atomic mass is 19.4. The molecule has 2 fully saturated rings. The van der Waals surface area contributed by atoms with Crippen LogP contribution in [-0.4, -0.2) is 65.9 Å². The standard InChI is InChI=1S/C28H28F3N5O3/c29-28(30,31)25-32-17-23(18-33-25)35-9-7-27(8-10-35)16-21-15-20(3-6-24(21)39-27)19-1-4-22(5-2-19)34-26(37)36-11-13-38-14-12-36/h1-6,15,17-18H,7-14,16H2,(H,34,37). The van der Waals surface area contributed by atoms with Crippen LogP contribution in [0, 0.1) is 0 Å². The molecule has 39 heavy (non-hydrogen) atoms. The van der Waals surface area contributed by atoms with Gasteiger partial charge in [0.05, 0.1) is 31.3 Å². The van der Waals surface area contributed by atoms with Gasteiger partial charge in [-0.15, -0.1) is 0 Å². The second-order valence-corrected chi connectivity index (χ2v) is 10.1. The molecular weight excluding hydrogens is 511 g/mol. The maximum absolute atomic E-state index is 12.8. The molecule has 3 aliphatic rings. The van der Waals surface area contributed by atoms with Gasteiger partial charge < -0.3 is 24.6 Å². The summed E-state index contributed by atoms with van der Waals surface area (Å²) in [4.78, 5) is 23.2. The Morgan fingerprint density at radius 3 is 2.26 bits per heavy atom. The van der Waals surface area contributed by atoms with E-state index in [1.165, 1.54) is 12.4 Å². The Morgan fingerprint density at radius 2 is 1.59 bits per heavy atom. The quantitative estimate of drug-likeness (QED) is 0.505. The molecule has 2 aromatic carbocycles. The van der Waals surface area contributed by atoms with Gasteiger partial charge >= 0.3 is 12.2 Å². The van der Waals surface area contributed by atoms with Crippen LogP contribution >= 0.6 is 0 Å². The fourth-order valence-electron chi connectivity index (χ4n) is 5.41. The highest BCUT2D eigenvalue weighted by Crippen LogP contribution is 2.43. The van der Waals surface area contributed by atoms with E-state index in [0.717, 1.165) is 47.4 Å². The molecule has 4 heterocycles. The third kappa shape index (κ3) is 5.36. The summed E-state index contributed by atoms with van der Waals surface area (Å²) in [5.41, 5.74) is 4.25. The van der Waals surface area contributed by atoms with Gasteiger partial charge in [0.25, 0.3) is 0 Å². The molecule has 2 saturated heterocycles. The van der Waals surface area contributed by atoms with Crippen LogP contribution in [0.5, 0.6) is 5.75 Å². The average Bonchev–Trinajstić information content (AvgIpc) is 3.30. The molecule has 2 amide bonds. The number of alkyl halides is 3. The molecule has 11 heteroatoms. The highest BCUT2D eigenvalue weighted by molar-refractivity contribution is 5.89. The number of anilines is 2. The minimum Gasteiger partial charge on any atom is -0.487 e. The van der Waals surface area contributed by atoms with Crippen molar-refractivity contribution in [2.75, 3.05) is 49.6 Å². The van der Waals surface area contributed by atoms with Crippen molar-refractivity contribution in [3.05, 3.63) is 66.2 Å². The third-order valence-corrected chi connectivity index (χ3v) is 7.60. The lowest BCUT2D eigenvalue weighted by Gasteiger charge is -2.39. The van der Waals surface area contributed by atoms with E-state index in [4.69, 9.17) is 9.47 Å². The van der Waals surface area contributed by atoms with E-state index in [0.29, 0.717) is 45.1 Å². The van der Waals surface area contributed by atoms with Crippen LogP contribution in [0.3, 0.4) is 0 Å². The van der Waals surface area contributed by atoms with Crippen molar-refractivity contribution in [2.45, 2.75) is 31.0 Å². The van der Waals surface area contributed by atoms with Gasteiger partial charge in [-0.3, -0.25) is 0 Å². The van der Waals surface area contributed by atoms with Crippen LogP contribution in [0.1, 0.15) is 24.2 Å². The average molecular weight is 540 g/mol. The van der Waals surface area contributed by atoms with Crippen molar-refractivity contribution in [2.24, 2.45) is 0 Å². The van der Waals surface area contributed by atoms with Gasteiger partial charge in [0.1, 0.15) is 11.4 Å². The lowest BCUT2D eigenvalue weighted by atomic mass is 9.86. The number of ether oxygens (including phenoxy) is 2. The Balaban J connectivity index is 1.08. The first-order valence-electron chi connectivity index (χ1n) is 13.0. The van der Waals surface area contributed by atoms with E-state index in [2.05, 4.69) is 21.4 Å². The van der Waals surface area contributed by atoms with Crippen LogP contribution in [0.4, 0.5) is 29.3 Å². The molecule has 3 aliphatic heterocycles. The summed E-state index contributed by atoms with van der Waals surface area (Å²) in [5.74, 6) is -0.253. The lowest BCUT2D eigenvalue weighted by Crippen LogP contribution is -2.47. The summed E-state index contributed by atoms with van der Waals surface area (Å²) < 4.78 is 50.1. The molecule has 1 spiro atoms. The van der Waals surface area contributed by atoms with E-state index in [9.17, 15) is 18.0 Å². The molecule has 0 aliphatic carbocycles. The van der Waals surface area contributed by atoms with Gasteiger partial charge in [0.15, 0.2) is 0 Å². The summed E-state index contributed by atoms with van der Waals surface area (Å²) >= 11 is 0. The predicted molar refractivity (Wildman–Crippen MR) is 139 cm³/mol. The van der Waals surface area contributed by atoms with Gasteiger partial charge in [0, 0.05) is 51.1 Å². The Kier molecular flexibility index (Phi) is 6.54. The SMILES string of the molecule is O=C(Nc1ccc(-c2ccc3c(c2)CC2(CCN(c4cnc(C(F)(F)F)nc4)CC2)O3)cc1)N1CCOCC1. The van der Waals surface area contributed by atoms with Crippen molar-refractivity contribution in [1.29, 1.82) is 0 Å². The number of urea groups is 1. The molecule has 0 bridgehead atoms. The molecule has 1 aromatic heterocycles. The van der Waals surface area contributed by atoms with E-state index in [-0.39, 0.29) is 11.6 Å². The predicted octanol–water partition coefficient (Wildman–Crippen LogP) is 5.00. The number of hydrogen-bond donors (Lipinski definition) is 1. The molecule has 3 aromatic rings. The summed E-state index contributed by atoms with van der Waals surface area (Å²) in [6.07, 6.45) is 0.202. The number of carbonyl (C=O) groups is 1. The normalized spacial score (nSPS) is 18.5. The summed E-state index contributed by atoms with van der Waals surface area (Å²) in [6, 6.07) is 13.9. The fraction of sp³-hybridized carbons (Fsp3) is 0.393. The molecular formula is C28H28F3N5O3. The van der Waals surface area contributed by atoms with Crippen molar-refractivity contribution < 1.29 is 27.4 Å². The summed E-state index contributed by atoms with van der Waals surface area (Å²) in [7, 11) is 0. The van der Waals surface area contributed by atoms with E-state index >= 15 is 0 Å². The number of carbonyl (C=O) groups excluding carboxylic acids is 1. The molecule has 0 saturated carbocycles. The van der Waals surface area contributed by atoms with Gasteiger partial charge in [-0.1, -0.05) is 18.2 Å². The first kappa shape index (κ1) is 25.4. The number of aromatic nitrogens is 2. The summed E-state index contributed by atoms with van der Waals surface area (Å²) in [6.45, 7) is 3.58. The van der Waals surface area contributed by atoms with Crippen LogP contribution in [0.25, 0.3) is 11.1 Å². The molecule has 0 unspecified atom stereocenters. The zero-order chi connectivity index (χ0) is 27.0. The topological polar surface area (TPSA) is 79.8 Å².